The minimum absolute atomic E-state index is 0.0358. The van der Waals surface area contributed by atoms with Crippen molar-refractivity contribution >= 4 is 40.7 Å². The molecule has 3 N–H and O–H groups in total. The van der Waals surface area contributed by atoms with Crippen LogP contribution in [0.25, 0.3) is 0 Å². The first-order valence-electron chi connectivity index (χ1n) is 11.4. The van der Waals surface area contributed by atoms with Crippen LogP contribution in [0.5, 0.6) is 0 Å². The number of nitrogens with one attached hydrogen (secondary N) is 3. The molecule has 0 saturated heterocycles. The number of hydrogen-bond donors (Lipinski definition) is 3. The van der Waals surface area contributed by atoms with E-state index in [4.69, 9.17) is 17.0 Å². The number of urea groups is 1. The van der Waals surface area contributed by atoms with Crippen LogP contribution >= 0.6 is 12.2 Å². The zero-order valence-electron chi connectivity index (χ0n) is 21.0. The molecule has 1 aliphatic rings. The first-order chi connectivity index (χ1) is 18.0. The van der Waals surface area contributed by atoms with Crippen LogP contribution in [0.3, 0.4) is 0 Å². The second-order valence-corrected chi connectivity index (χ2v) is 9.28. The van der Waals surface area contributed by atoms with Gasteiger partial charge in [0.25, 0.3) is 0 Å². The van der Waals surface area contributed by atoms with E-state index in [-0.39, 0.29) is 17.9 Å². The molecular weight excluding hydrogens is 550 g/mol. The number of alkyl halides is 6. The molecule has 2 aromatic carbocycles. The van der Waals surface area contributed by atoms with Gasteiger partial charge in [-0.25, -0.2) is 9.59 Å². The molecule has 2 aromatic rings. The number of allylic oxidation sites excluding steroid dienone is 1. The Balaban J connectivity index is 1.81. The van der Waals surface area contributed by atoms with Gasteiger partial charge in [0.2, 0.25) is 0 Å². The SMILES string of the molecule is CC1=C(C(=O)OC(C)C)[C@@H](c2ccc(NC(=O)Nc3cc(C(F)(F)F)cc(C(F)(F)F)c3)cc2)NC(=S)N1C. The third-order valence-electron chi connectivity index (χ3n) is 5.66. The Kier molecular flexibility index (Phi) is 8.48. The summed E-state index contributed by atoms with van der Waals surface area (Å²) in [5.41, 5.74) is -2.14. The summed E-state index contributed by atoms with van der Waals surface area (Å²) in [4.78, 5) is 26.8. The van der Waals surface area contributed by atoms with Crippen molar-refractivity contribution in [1.82, 2.24) is 10.2 Å². The van der Waals surface area contributed by atoms with Gasteiger partial charge in [0.05, 0.1) is 28.8 Å². The lowest BCUT2D eigenvalue weighted by Gasteiger charge is -2.35. The fourth-order valence-corrected chi connectivity index (χ4v) is 3.96. The summed E-state index contributed by atoms with van der Waals surface area (Å²) in [5.74, 6) is -0.546. The number of nitrogens with zero attached hydrogens (tertiary/aromatic N) is 1. The molecule has 0 saturated carbocycles. The Morgan fingerprint density at radius 1 is 0.949 bits per heavy atom. The minimum atomic E-state index is -5.05. The fraction of sp³-hybridized carbons (Fsp3) is 0.320. The van der Waals surface area contributed by atoms with Crippen molar-refractivity contribution in [1.29, 1.82) is 0 Å². The van der Waals surface area contributed by atoms with Gasteiger partial charge in [-0.1, -0.05) is 12.1 Å². The minimum Gasteiger partial charge on any atom is -0.459 e. The molecule has 2 amide bonds. The largest absolute Gasteiger partial charge is 0.459 e. The molecule has 0 unspecified atom stereocenters. The van der Waals surface area contributed by atoms with Crippen LogP contribution in [-0.4, -0.2) is 35.2 Å². The van der Waals surface area contributed by atoms with Crippen LogP contribution < -0.4 is 16.0 Å². The molecule has 210 valence electrons. The van der Waals surface area contributed by atoms with Crippen LogP contribution in [0.2, 0.25) is 0 Å². The van der Waals surface area contributed by atoms with E-state index in [9.17, 15) is 35.9 Å². The summed E-state index contributed by atoms with van der Waals surface area (Å²) in [5, 5.41) is 7.77. The summed E-state index contributed by atoms with van der Waals surface area (Å²) >= 11 is 5.34. The van der Waals surface area contributed by atoms with Crippen molar-refractivity contribution in [2.45, 2.75) is 45.3 Å². The number of carbonyl (C=O) groups excluding carboxylic acids is 2. The number of ether oxygens (including phenoxy) is 1. The van der Waals surface area contributed by atoms with Gasteiger partial charge in [0.1, 0.15) is 0 Å². The van der Waals surface area contributed by atoms with E-state index < -0.39 is 47.2 Å². The van der Waals surface area contributed by atoms with Gasteiger partial charge in [0, 0.05) is 24.1 Å². The molecule has 39 heavy (non-hydrogen) atoms. The molecule has 1 aliphatic heterocycles. The zero-order chi connectivity index (χ0) is 29.3. The monoisotopic (exact) mass is 574 g/mol. The summed E-state index contributed by atoms with van der Waals surface area (Å²) in [7, 11) is 1.69. The molecule has 14 heteroatoms. The normalized spacial score (nSPS) is 16.2. The van der Waals surface area contributed by atoms with Crippen LogP contribution in [0, 0.1) is 0 Å². The third-order valence-corrected chi connectivity index (χ3v) is 6.06. The molecule has 0 fully saturated rings. The zero-order valence-corrected chi connectivity index (χ0v) is 21.9. The molecule has 0 spiro atoms. The van der Waals surface area contributed by atoms with Crippen molar-refractivity contribution in [3.8, 4) is 0 Å². The highest BCUT2D eigenvalue weighted by Crippen LogP contribution is 2.37. The van der Waals surface area contributed by atoms with Gasteiger partial charge in [-0.15, -0.1) is 0 Å². The van der Waals surface area contributed by atoms with E-state index in [2.05, 4.69) is 10.6 Å². The molecule has 3 rings (SSSR count). The predicted molar refractivity (Wildman–Crippen MR) is 136 cm³/mol. The Morgan fingerprint density at radius 3 is 1.95 bits per heavy atom. The summed E-state index contributed by atoms with van der Waals surface area (Å²) in [6.07, 6.45) is -10.5. The maximum Gasteiger partial charge on any atom is 0.416 e. The van der Waals surface area contributed by atoms with E-state index in [1.54, 1.807) is 44.9 Å². The standard InChI is InChI=1S/C25H24F6N4O3S/c1-12(2)38-21(36)19-13(3)35(4)23(39)34-20(19)14-5-7-17(8-6-14)32-22(37)33-18-10-15(24(26,27)28)9-16(11-18)25(29,30)31/h5-12,20H,1-4H3,(H,34,39)(H2,32,33,37)/t20-/m1/s1. The van der Waals surface area contributed by atoms with E-state index >= 15 is 0 Å². The first kappa shape index (κ1) is 29.7. The van der Waals surface area contributed by atoms with Crippen LogP contribution in [0.1, 0.15) is 43.5 Å². The second kappa shape index (κ2) is 11.1. The maximum atomic E-state index is 13.1. The van der Waals surface area contributed by atoms with Gasteiger partial charge in [-0.2, -0.15) is 26.3 Å². The number of anilines is 2. The van der Waals surface area contributed by atoms with Gasteiger partial charge in [0.15, 0.2) is 5.11 Å². The Labute approximate surface area is 225 Å². The molecule has 1 atom stereocenters. The summed E-state index contributed by atoms with van der Waals surface area (Å²) in [6.45, 7) is 5.14. The highest BCUT2D eigenvalue weighted by Gasteiger charge is 2.37. The maximum absolute atomic E-state index is 13.1. The molecule has 7 nitrogen and oxygen atoms in total. The molecule has 0 aliphatic carbocycles. The number of carbonyl (C=O) groups is 2. The van der Waals surface area contributed by atoms with E-state index in [1.165, 1.54) is 12.1 Å². The average Bonchev–Trinajstić information content (AvgIpc) is 2.81. The number of hydrogen-bond acceptors (Lipinski definition) is 4. The van der Waals surface area contributed by atoms with E-state index in [0.29, 0.717) is 34.1 Å². The predicted octanol–water partition coefficient (Wildman–Crippen LogP) is 6.45. The van der Waals surface area contributed by atoms with Crippen LogP contribution in [0.15, 0.2) is 53.7 Å². The Hall–Kier alpha value is -3.81. The van der Waals surface area contributed by atoms with E-state index in [0.717, 1.165) is 0 Å². The second-order valence-electron chi connectivity index (χ2n) is 8.89. The van der Waals surface area contributed by atoms with Crippen molar-refractivity contribution in [2.75, 3.05) is 17.7 Å². The number of rotatable bonds is 5. The van der Waals surface area contributed by atoms with Gasteiger partial charge < -0.3 is 25.6 Å². The lowest BCUT2D eigenvalue weighted by Crippen LogP contribution is -2.46. The van der Waals surface area contributed by atoms with Crippen molar-refractivity contribution < 1.29 is 40.7 Å². The Morgan fingerprint density at radius 2 is 1.46 bits per heavy atom. The number of amides is 2. The topological polar surface area (TPSA) is 82.7 Å². The Bertz CT molecular complexity index is 1270. The first-order valence-corrected chi connectivity index (χ1v) is 11.8. The lowest BCUT2D eigenvalue weighted by atomic mass is 9.95. The number of halogens is 6. The number of esters is 1. The smallest absolute Gasteiger partial charge is 0.416 e. The molecule has 0 aromatic heterocycles. The van der Waals surface area contributed by atoms with Gasteiger partial charge >= 0.3 is 24.4 Å². The summed E-state index contributed by atoms with van der Waals surface area (Å²) in [6, 6.07) is 5.08. The van der Waals surface area contributed by atoms with Crippen molar-refractivity contribution in [2.24, 2.45) is 0 Å². The third kappa shape index (κ3) is 7.19. The van der Waals surface area contributed by atoms with Crippen molar-refractivity contribution in [3.63, 3.8) is 0 Å². The molecule has 1 heterocycles. The average molecular weight is 575 g/mol. The number of benzene rings is 2. The van der Waals surface area contributed by atoms with Crippen LogP contribution in [-0.2, 0) is 21.9 Å². The van der Waals surface area contributed by atoms with Crippen molar-refractivity contribution in [3.05, 3.63) is 70.4 Å². The number of thiocarbonyl (C=S) groups is 1. The van der Waals surface area contributed by atoms with Gasteiger partial charge in [-0.05, 0) is 68.9 Å². The van der Waals surface area contributed by atoms with E-state index in [1.807, 2.05) is 5.32 Å². The molecule has 0 bridgehead atoms. The lowest BCUT2D eigenvalue weighted by molar-refractivity contribution is -0.144. The quantitative estimate of drug-likeness (QED) is 0.216. The fourth-order valence-electron chi connectivity index (χ4n) is 3.71. The van der Waals surface area contributed by atoms with Gasteiger partial charge in [-0.3, -0.25) is 0 Å². The summed E-state index contributed by atoms with van der Waals surface area (Å²) < 4.78 is 83.8. The molecular formula is C25H24F6N4O3S. The highest BCUT2D eigenvalue weighted by atomic mass is 32.1. The highest BCUT2D eigenvalue weighted by molar-refractivity contribution is 7.80. The molecule has 0 radical (unpaired) electrons. The van der Waals surface area contributed by atoms with Crippen LogP contribution in [0.4, 0.5) is 42.5 Å².